The molecule has 0 saturated heterocycles. The Hall–Kier alpha value is -2.55. The van der Waals surface area contributed by atoms with Gasteiger partial charge in [-0.2, -0.15) is 0 Å². The first kappa shape index (κ1) is 14.4. The highest BCUT2D eigenvalue weighted by molar-refractivity contribution is 5.84. The smallest absolute Gasteiger partial charge is 0.343 e. The van der Waals surface area contributed by atoms with Gasteiger partial charge in [0.2, 0.25) is 0 Å². The van der Waals surface area contributed by atoms with Crippen LogP contribution < -0.4 is 5.63 Å². The highest BCUT2D eigenvalue weighted by Crippen LogP contribution is 2.33. The molecule has 112 valence electrons. The van der Waals surface area contributed by atoms with Crippen molar-refractivity contribution in [2.75, 3.05) is 0 Å². The second kappa shape index (κ2) is 5.68. The largest absolute Gasteiger partial charge is 0.507 e. The van der Waals surface area contributed by atoms with Crippen LogP contribution in [0.1, 0.15) is 36.5 Å². The van der Waals surface area contributed by atoms with Crippen LogP contribution in [0.2, 0.25) is 0 Å². The van der Waals surface area contributed by atoms with Crippen LogP contribution in [0, 0.1) is 0 Å². The van der Waals surface area contributed by atoms with E-state index in [1.54, 1.807) is 18.2 Å². The minimum Gasteiger partial charge on any atom is -0.507 e. The second-order valence-electron chi connectivity index (χ2n) is 5.46. The Bertz CT molecular complexity index is 860. The Balaban J connectivity index is 2.14. The Morgan fingerprint density at radius 2 is 1.77 bits per heavy atom. The predicted molar refractivity (Wildman–Crippen MR) is 87.5 cm³/mol. The lowest BCUT2D eigenvalue weighted by molar-refractivity contribution is 0.453. The van der Waals surface area contributed by atoms with E-state index in [4.69, 9.17) is 4.42 Å². The molecule has 3 aromatic rings. The molecule has 0 bridgehead atoms. The van der Waals surface area contributed by atoms with Gasteiger partial charge in [0.25, 0.3) is 0 Å². The van der Waals surface area contributed by atoms with Crippen molar-refractivity contribution >= 4 is 11.0 Å². The Kier molecular flexibility index (Phi) is 3.72. The quantitative estimate of drug-likeness (QED) is 0.736. The zero-order valence-corrected chi connectivity index (χ0v) is 12.7. The van der Waals surface area contributed by atoms with E-state index in [-0.39, 0.29) is 11.7 Å². The van der Waals surface area contributed by atoms with Crippen molar-refractivity contribution in [1.29, 1.82) is 0 Å². The van der Waals surface area contributed by atoms with E-state index in [0.29, 0.717) is 16.5 Å². The maximum Gasteiger partial charge on any atom is 0.343 e. The van der Waals surface area contributed by atoms with Gasteiger partial charge in [0.05, 0.1) is 10.9 Å². The van der Waals surface area contributed by atoms with Crippen LogP contribution in [0.5, 0.6) is 5.75 Å². The van der Waals surface area contributed by atoms with Crippen molar-refractivity contribution in [2.45, 2.75) is 26.2 Å². The lowest BCUT2D eigenvalue weighted by Gasteiger charge is -2.14. The maximum absolute atomic E-state index is 12.3. The number of fused-ring (bicyclic) bond motifs is 1. The molecule has 3 rings (SSSR count). The van der Waals surface area contributed by atoms with Gasteiger partial charge in [-0.3, -0.25) is 0 Å². The standard InChI is InChI=1S/C19H18O3/c1-3-13-8-10-14(11-9-13)12(2)17-18(20)15-6-4-5-7-16(15)22-19(17)21/h4-12,20H,3H2,1-2H3. The lowest BCUT2D eigenvalue weighted by atomic mass is 9.92. The first-order chi connectivity index (χ1) is 10.6. The molecule has 1 aromatic heterocycles. The highest BCUT2D eigenvalue weighted by atomic mass is 16.4. The van der Waals surface area contributed by atoms with Crippen LogP contribution in [0.4, 0.5) is 0 Å². The van der Waals surface area contributed by atoms with Gasteiger partial charge < -0.3 is 9.52 Å². The molecule has 0 aliphatic heterocycles. The number of hydrogen-bond acceptors (Lipinski definition) is 3. The number of aryl methyl sites for hydroxylation is 1. The number of aromatic hydroxyl groups is 1. The van der Waals surface area contributed by atoms with E-state index in [1.165, 1.54) is 5.56 Å². The van der Waals surface area contributed by atoms with Crippen molar-refractivity contribution in [3.63, 3.8) is 0 Å². The van der Waals surface area contributed by atoms with Crippen LogP contribution >= 0.6 is 0 Å². The van der Waals surface area contributed by atoms with E-state index in [2.05, 4.69) is 6.92 Å². The third kappa shape index (κ3) is 2.39. The topological polar surface area (TPSA) is 50.4 Å². The van der Waals surface area contributed by atoms with E-state index in [1.807, 2.05) is 37.3 Å². The van der Waals surface area contributed by atoms with Gasteiger partial charge >= 0.3 is 5.63 Å². The fourth-order valence-electron chi connectivity index (χ4n) is 2.74. The minimum absolute atomic E-state index is 0.0129. The summed E-state index contributed by atoms with van der Waals surface area (Å²) in [5.41, 5.74) is 2.45. The molecule has 0 spiro atoms. The summed E-state index contributed by atoms with van der Waals surface area (Å²) in [5.74, 6) is -0.217. The summed E-state index contributed by atoms with van der Waals surface area (Å²) in [6.45, 7) is 4.00. The zero-order valence-electron chi connectivity index (χ0n) is 12.7. The Morgan fingerprint density at radius 3 is 2.45 bits per heavy atom. The monoisotopic (exact) mass is 294 g/mol. The van der Waals surface area contributed by atoms with E-state index < -0.39 is 5.63 Å². The summed E-state index contributed by atoms with van der Waals surface area (Å²) in [6.07, 6.45) is 0.970. The van der Waals surface area contributed by atoms with Crippen LogP contribution in [0.25, 0.3) is 11.0 Å². The molecule has 0 radical (unpaired) electrons. The lowest BCUT2D eigenvalue weighted by Crippen LogP contribution is -2.12. The molecular weight excluding hydrogens is 276 g/mol. The summed E-state index contributed by atoms with van der Waals surface area (Å²) >= 11 is 0. The van der Waals surface area contributed by atoms with E-state index in [0.717, 1.165) is 12.0 Å². The van der Waals surface area contributed by atoms with Crippen LogP contribution in [-0.4, -0.2) is 5.11 Å². The van der Waals surface area contributed by atoms with Crippen molar-refractivity contribution in [3.05, 3.63) is 75.6 Å². The SMILES string of the molecule is CCc1ccc(C(C)c2c(O)c3ccccc3oc2=O)cc1. The fourth-order valence-corrected chi connectivity index (χ4v) is 2.74. The molecule has 0 saturated carbocycles. The highest BCUT2D eigenvalue weighted by Gasteiger charge is 2.20. The molecule has 1 heterocycles. The summed E-state index contributed by atoms with van der Waals surface area (Å²) in [5, 5.41) is 11.1. The zero-order chi connectivity index (χ0) is 15.7. The van der Waals surface area contributed by atoms with E-state index in [9.17, 15) is 9.90 Å². The molecule has 0 fully saturated rings. The molecular formula is C19H18O3. The van der Waals surface area contributed by atoms with Gasteiger partial charge in [-0.05, 0) is 29.7 Å². The predicted octanol–water partition coefficient (Wildman–Crippen LogP) is 4.21. The van der Waals surface area contributed by atoms with Crippen molar-refractivity contribution in [2.24, 2.45) is 0 Å². The maximum atomic E-state index is 12.3. The third-order valence-corrected chi connectivity index (χ3v) is 4.14. The molecule has 1 N–H and O–H groups in total. The third-order valence-electron chi connectivity index (χ3n) is 4.14. The van der Waals surface area contributed by atoms with Crippen LogP contribution in [0.15, 0.2) is 57.7 Å². The molecule has 0 aliphatic carbocycles. The molecule has 0 amide bonds. The Morgan fingerprint density at radius 1 is 1.09 bits per heavy atom. The molecule has 0 aliphatic rings. The number of para-hydroxylation sites is 1. The van der Waals surface area contributed by atoms with Gasteiger partial charge in [-0.15, -0.1) is 0 Å². The molecule has 1 unspecified atom stereocenters. The normalized spacial score (nSPS) is 12.5. The van der Waals surface area contributed by atoms with Gasteiger partial charge in [0.15, 0.2) is 0 Å². The average Bonchev–Trinajstić information content (AvgIpc) is 2.55. The summed E-state index contributed by atoms with van der Waals surface area (Å²) in [6, 6.07) is 15.1. The molecule has 3 heteroatoms. The van der Waals surface area contributed by atoms with Gasteiger partial charge in [-0.1, -0.05) is 50.2 Å². The Labute approximate surface area is 128 Å². The second-order valence-corrected chi connectivity index (χ2v) is 5.46. The fraction of sp³-hybridized carbons (Fsp3) is 0.211. The first-order valence-corrected chi connectivity index (χ1v) is 7.45. The van der Waals surface area contributed by atoms with Crippen molar-refractivity contribution in [1.82, 2.24) is 0 Å². The summed E-state index contributed by atoms with van der Waals surface area (Å²) in [4.78, 5) is 12.3. The van der Waals surface area contributed by atoms with Gasteiger partial charge in [0.1, 0.15) is 11.3 Å². The summed E-state index contributed by atoms with van der Waals surface area (Å²) < 4.78 is 5.35. The van der Waals surface area contributed by atoms with Gasteiger partial charge in [0, 0.05) is 5.92 Å². The number of hydrogen-bond donors (Lipinski definition) is 1. The van der Waals surface area contributed by atoms with Crippen LogP contribution in [-0.2, 0) is 6.42 Å². The minimum atomic E-state index is -0.483. The number of benzene rings is 2. The molecule has 2 aromatic carbocycles. The van der Waals surface area contributed by atoms with E-state index >= 15 is 0 Å². The first-order valence-electron chi connectivity index (χ1n) is 7.45. The summed E-state index contributed by atoms with van der Waals surface area (Å²) in [7, 11) is 0. The van der Waals surface area contributed by atoms with Crippen LogP contribution in [0.3, 0.4) is 0 Å². The average molecular weight is 294 g/mol. The number of rotatable bonds is 3. The molecule has 3 nitrogen and oxygen atoms in total. The molecule has 1 atom stereocenters. The van der Waals surface area contributed by atoms with Crippen molar-refractivity contribution in [3.8, 4) is 5.75 Å². The van der Waals surface area contributed by atoms with Crippen molar-refractivity contribution < 1.29 is 9.52 Å². The van der Waals surface area contributed by atoms with Gasteiger partial charge in [-0.25, -0.2) is 4.79 Å². The molecule has 22 heavy (non-hydrogen) atoms.